The van der Waals surface area contributed by atoms with Crippen molar-refractivity contribution in [3.05, 3.63) is 29.1 Å². The van der Waals surface area contributed by atoms with Crippen LogP contribution in [0.1, 0.15) is 23.0 Å². The highest BCUT2D eigenvalue weighted by atomic mass is 32.1. The maximum absolute atomic E-state index is 11.9. The van der Waals surface area contributed by atoms with Crippen LogP contribution in [0, 0.1) is 0 Å². The van der Waals surface area contributed by atoms with E-state index in [2.05, 4.69) is 4.98 Å². The van der Waals surface area contributed by atoms with Gasteiger partial charge in [-0.15, -0.1) is 11.3 Å². The third kappa shape index (κ3) is 2.61. The first-order valence-corrected chi connectivity index (χ1v) is 6.74. The molecule has 100 valence electrons. The fourth-order valence-electron chi connectivity index (χ4n) is 1.72. The number of aromatic nitrogens is 1. The van der Waals surface area contributed by atoms with E-state index >= 15 is 0 Å². The minimum Gasteiger partial charge on any atom is -0.496 e. The molecule has 5 heteroatoms. The number of carbonyl (C=O) groups excluding carboxylic acids is 1. The average molecular weight is 277 g/mol. The van der Waals surface area contributed by atoms with E-state index in [0.717, 1.165) is 16.3 Å². The van der Waals surface area contributed by atoms with Crippen LogP contribution in [0.3, 0.4) is 0 Å². The molecule has 0 aliphatic carbocycles. The smallest absolute Gasteiger partial charge is 0.236 e. The molecule has 0 saturated carbocycles. The van der Waals surface area contributed by atoms with Crippen molar-refractivity contribution < 1.29 is 14.3 Å². The van der Waals surface area contributed by atoms with Crippen LogP contribution in [0.4, 0.5) is 0 Å². The van der Waals surface area contributed by atoms with Gasteiger partial charge in [-0.05, 0) is 12.1 Å². The van der Waals surface area contributed by atoms with E-state index in [1.54, 1.807) is 7.11 Å². The molecule has 0 radical (unpaired) electrons. The van der Waals surface area contributed by atoms with E-state index in [-0.39, 0.29) is 5.78 Å². The van der Waals surface area contributed by atoms with Gasteiger partial charge in [-0.3, -0.25) is 4.79 Å². The summed E-state index contributed by atoms with van der Waals surface area (Å²) in [6, 6.07) is 7.58. The van der Waals surface area contributed by atoms with Gasteiger partial charge >= 0.3 is 0 Å². The zero-order chi connectivity index (χ0) is 13.8. The molecule has 2 rings (SSSR count). The van der Waals surface area contributed by atoms with Crippen molar-refractivity contribution in [3.8, 4) is 22.2 Å². The van der Waals surface area contributed by atoms with Gasteiger partial charge in [0.1, 0.15) is 15.6 Å². The monoisotopic (exact) mass is 277 g/mol. The number of rotatable bonds is 5. The summed E-state index contributed by atoms with van der Waals surface area (Å²) < 4.78 is 10.5. The van der Waals surface area contributed by atoms with E-state index in [0.29, 0.717) is 17.2 Å². The molecule has 0 spiro atoms. The molecule has 0 atom stereocenters. The summed E-state index contributed by atoms with van der Waals surface area (Å²) in [5.74, 6) is 1.16. The number of methoxy groups -OCH3 is 2. The second-order valence-electron chi connectivity index (χ2n) is 3.83. The number of hydrogen-bond acceptors (Lipinski definition) is 5. The topological polar surface area (TPSA) is 48.4 Å². The minimum absolute atomic E-state index is 0.0375. The lowest BCUT2D eigenvalue weighted by Gasteiger charge is -2.04. The number of benzene rings is 1. The highest BCUT2D eigenvalue weighted by Gasteiger charge is 2.19. The summed E-state index contributed by atoms with van der Waals surface area (Å²) >= 11 is 1.33. The number of ether oxygens (including phenoxy) is 2. The summed E-state index contributed by atoms with van der Waals surface area (Å²) in [5.41, 5.74) is 0.864. The lowest BCUT2D eigenvalue weighted by atomic mass is 10.2. The molecular weight excluding hydrogens is 262 g/mol. The molecule has 19 heavy (non-hydrogen) atoms. The number of carbonyl (C=O) groups is 1. The summed E-state index contributed by atoms with van der Waals surface area (Å²) in [7, 11) is 3.13. The molecule has 2 aromatic rings. The molecule has 1 aromatic heterocycles. The number of ketones is 1. The van der Waals surface area contributed by atoms with Crippen LogP contribution < -0.4 is 9.47 Å². The number of thiazole rings is 1. The van der Waals surface area contributed by atoms with E-state index in [1.165, 1.54) is 18.4 Å². The molecule has 0 fully saturated rings. The number of Topliss-reactive ketones (excluding diaryl/α,β-unsaturated/α-hetero) is 1. The second kappa shape index (κ2) is 5.84. The molecule has 0 unspecified atom stereocenters. The third-order valence-corrected chi connectivity index (χ3v) is 3.81. The highest BCUT2D eigenvalue weighted by molar-refractivity contribution is 7.17. The molecule has 4 nitrogen and oxygen atoms in total. The molecule has 0 aliphatic heterocycles. The van der Waals surface area contributed by atoms with Crippen molar-refractivity contribution in [3.63, 3.8) is 0 Å². The van der Waals surface area contributed by atoms with E-state index in [1.807, 2.05) is 31.2 Å². The molecule has 0 N–H and O–H groups in total. The maximum Gasteiger partial charge on any atom is 0.236 e. The van der Waals surface area contributed by atoms with Crippen LogP contribution in [-0.4, -0.2) is 25.0 Å². The molecule has 1 heterocycles. The summed E-state index contributed by atoms with van der Waals surface area (Å²) in [4.78, 5) is 16.8. The SMILES string of the molecule is CCC(=O)c1sc(-c2ccccc2OC)nc1OC. The van der Waals surface area contributed by atoms with Crippen molar-refractivity contribution in [2.24, 2.45) is 0 Å². The van der Waals surface area contributed by atoms with Gasteiger partial charge in [0.15, 0.2) is 5.78 Å². The van der Waals surface area contributed by atoms with Crippen LogP contribution >= 0.6 is 11.3 Å². The summed E-state index contributed by atoms with van der Waals surface area (Å²) in [6.07, 6.45) is 0.434. The van der Waals surface area contributed by atoms with Gasteiger partial charge in [-0.25, -0.2) is 4.98 Å². The van der Waals surface area contributed by atoms with Crippen molar-refractivity contribution in [1.29, 1.82) is 0 Å². The Balaban J connectivity index is 2.51. The molecule has 0 amide bonds. The second-order valence-corrected chi connectivity index (χ2v) is 4.83. The van der Waals surface area contributed by atoms with Crippen LogP contribution in [0.5, 0.6) is 11.6 Å². The molecule has 0 saturated heterocycles. The van der Waals surface area contributed by atoms with Gasteiger partial charge in [-0.1, -0.05) is 19.1 Å². The Morgan fingerprint density at radius 2 is 2.00 bits per heavy atom. The Hall–Kier alpha value is -1.88. The zero-order valence-electron chi connectivity index (χ0n) is 11.1. The molecule has 1 aromatic carbocycles. The van der Waals surface area contributed by atoms with Crippen LogP contribution in [0.25, 0.3) is 10.6 Å². The highest BCUT2D eigenvalue weighted by Crippen LogP contribution is 2.37. The summed E-state index contributed by atoms with van der Waals surface area (Å²) in [6.45, 7) is 1.82. The molecule has 0 aliphatic rings. The Morgan fingerprint density at radius 3 is 2.63 bits per heavy atom. The largest absolute Gasteiger partial charge is 0.496 e. The van der Waals surface area contributed by atoms with Gasteiger partial charge in [0.05, 0.1) is 19.8 Å². The van der Waals surface area contributed by atoms with Gasteiger partial charge in [-0.2, -0.15) is 0 Å². The van der Waals surface area contributed by atoms with Crippen molar-refractivity contribution in [1.82, 2.24) is 4.98 Å². The van der Waals surface area contributed by atoms with E-state index in [4.69, 9.17) is 9.47 Å². The van der Waals surface area contributed by atoms with Crippen LogP contribution in [0.2, 0.25) is 0 Å². The zero-order valence-corrected chi connectivity index (χ0v) is 11.9. The Bertz CT molecular complexity index is 592. The Kier molecular flexibility index (Phi) is 4.16. The number of para-hydroxylation sites is 1. The Labute approximate surface area is 116 Å². The van der Waals surface area contributed by atoms with Crippen molar-refractivity contribution in [2.45, 2.75) is 13.3 Å². The minimum atomic E-state index is 0.0375. The molecule has 0 bridgehead atoms. The maximum atomic E-state index is 11.9. The van der Waals surface area contributed by atoms with Gasteiger partial charge in [0.25, 0.3) is 0 Å². The van der Waals surface area contributed by atoms with Crippen LogP contribution in [0.15, 0.2) is 24.3 Å². The standard InChI is InChI=1S/C14H15NO3S/c1-4-10(16)12-13(18-3)15-14(19-12)9-7-5-6-8-11(9)17-2/h5-8H,4H2,1-3H3. The first-order chi connectivity index (χ1) is 9.21. The lowest BCUT2D eigenvalue weighted by Crippen LogP contribution is -1.96. The first kappa shape index (κ1) is 13.5. The summed E-state index contributed by atoms with van der Waals surface area (Å²) in [5, 5.41) is 0.728. The van der Waals surface area contributed by atoms with Crippen molar-refractivity contribution in [2.75, 3.05) is 14.2 Å². The fraction of sp³-hybridized carbons (Fsp3) is 0.286. The first-order valence-electron chi connectivity index (χ1n) is 5.92. The predicted octanol–water partition coefficient (Wildman–Crippen LogP) is 3.42. The van der Waals surface area contributed by atoms with Gasteiger partial charge < -0.3 is 9.47 Å². The Morgan fingerprint density at radius 1 is 1.26 bits per heavy atom. The van der Waals surface area contributed by atoms with Crippen molar-refractivity contribution >= 4 is 17.1 Å². The predicted molar refractivity (Wildman–Crippen MR) is 75.3 cm³/mol. The number of hydrogen-bond donors (Lipinski definition) is 0. The fourth-order valence-corrected chi connectivity index (χ4v) is 2.79. The number of nitrogens with zero attached hydrogens (tertiary/aromatic N) is 1. The third-order valence-electron chi connectivity index (χ3n) is 2.70. The normalized spacial score (nSPS) is 10.3. The van der Waals surface area contributed by atoms with E-state index in [9.17, 15) is 4.79 Å². The van der Waals surface area contributed by atoms with Gasteiger partial charge in [0, 0.05) is 6.42 Å². The average Bonchev–Trinajstić information content (AvgIpc) is 2.90. The quantitative estimate of drug-likeness (QED) is 0.786. The van der Waals surface area contributed by atoms with Crippen LogP contribution in [-0.2, 0) is 0 Å². The van der Waals surface area contributed by atoms with Gasteiger partial charge in [0.2, 0.25) is 5.88 Å². The van der Waals surface area contributed by atoms with E-state index < -0.39 is 0 Å². The molecular formula is C14H15NO3S. The lowest BCUT2D eigenvalue weighted by molar-refractivity contribution is 0.0989.